The molecule has 1 aliphatic heterocycles. The lowest BCUT2D eigenvalue weighted by Crippen LogP contribution is -2.63. The average Bonchev–Trinajstić information content (AvgIpc) is 3.16. The van der Waals surface area contributed by atoms with Gasteiger partial charge in [-0.05, 0) is 79.5 Å². The number of hydrogen-bond acceptors (Lipinski definition) is 3. The van der Waals surface area contributed by atoms with Gasteiger partial charge in [0, 0.05) is 24.4 Å². The zero-order chi connectivity index (χ0) is 28.7. The van der Waals surface area contributed by atoms with E-state index in [-0.39, 0.29) is 36.1 Å². The Bertz CT molecular complexity index is 1210. The van der Waals surface area contributed by atoms with E-state index in [4.69, 9.17) is 0 Å². The molecule has 5 nitrogen and oxygen atoms in total. The smallest absolute Gasteiger partial charge is 0.393 e. The minimum absolute atomic E-state index is 0.000597. The first-order valence-electron chi connectivity index (χ1n) is 13.2. The van der Waals surface area contributed by atoms with Gasteiger partial charge < -0.3 is 15.3 Å². The number of rotatable bonds is 2. The van der Waals surface area contributed by atoms with Gasteiger partial charge >= 0.3 is 12.4 Å². The standard InChI is InChI=1S/C28H32F6N2O3/c1-25-11-10-22(38)36(3)21(25)9-5-15-16-7-8-18(26(16,2)13-20(37)23(15)25)24(39)35-19-12-14(27(29,30)31)4-6-17(19)28(32,33)34/h4,6,10-12,15-16,18,20-21,23,37H,5,7-9,13H2,1-3H3,(H,35,39)/t15-,16-,18+,20-,21+,23+,25-,26-/m0/s1. The van der Waals surface area contributed by atoms with Gasteiger partial charge in [0.1, 0.15) is 0 Å². The molecule has 0 spiro atoms. The first-order chi connectivity index (χ1) is 18.0. The zero-order valence-corrected chi connectivity index (χ0v) is 21.9. The van der Waals surface area contributed by atoms with Crippen molar-refractivity contribution in [1.82, 2.24) is 4.90 Å². The van der Waals surface area contributed by atoms with E-state index in [9.17, 15) is 41.0 Å². The van der Waals surface area contributed by atoms with Crippen LogP contribution >= 0.6 is 0 Å². The molecule has 11 heteroatoms. The van der Waals surface area contributed by atoms with Gasteiger partial charge in [0.15, 0.2) is 0 Å². The van der Waals surface area contributed by atoms with Crippen LogP contribution in [-0.4, -0.2) is 41.0 Å². The molecule has 1 heterocycles. The number of benzene rings is 1. The van der Waals surface area contributed by atoms with Crippen molar-refractivity contribution >= 4 is 17.5 Å². The zero-order valence-electron chi connectivity index (χ0n) is 21.9. The predicted molar refractivity (Wildman–Crippen MR) is 130 cm³/mol. The highest BCUT2D eigenvalue weighted by Gasteiger charge is 2.64. The van der Waals surface area contributed by atoms with Crippen LogP contribution in [0.5, 0.6) is 0 Å². The lowest BCUT2D eigenvalue weighted by Gasteiger charge is -2.61. The van der Waals surface area contributed by atoms with Crippen LogP contribution in [0.1, 0.15) is 57.1 Å². The molecular formula is C28H32F6N2O3. The average molecular weight is 559 g/mol. The summed E-state index contributed by atoms with van der Waals surface area (Å²) < 4.78 is 80.6. The molecule has 0 saturated heterocycles. The number of hydrogen-bond donors (Lipinski definition) is 2. The summed E-state index contributed by atoms with van der Waals surface area (Å²) in [5.41, 5.74) is -4.76. The third-order valence-electron chi connectivity index (χ3n) is 10.3. The molecule has 1 aromatic rings. The maximum absolute atomic E-state index is 13.6. The van der Waals surface area contributed by atoms with Crippen molar-refractivity contribution in [3.8, 4) is 0 Å². The van der Waals surface area contributed by atoms with Crippen molar-refractivity contribution in [2.75, 3.05) is 12.4 Å². The fourth-order valence-electron chi connectivity index (χ4n) is 8.59. The lowest BCUT2D eigenvalue weighted by atomic mass is 9.46. The van der Waals surface area contributed by atoms with Gasteiger partial charge in [-0.2, -0.15) is 26.3 Å². The molecule has 5 rings (SSSR count). The van der Waals surface area contributed by atoms with Crippen LogP contribution in [0.2, 0.25) is 0 Å². The number of fused-ring (bicyclic) bond motifs is 5. The van der Waals surface area contributed by atoms with Crippen LogP contribution < -0.4 is 5.32 Å². The number of nitrogens with one attached hydrogen (secondary N) is 1. The quantitative estimate of drug-likeness (QED) is 0.445. The van der Waals surface area contributed by atoms with E-state index in [0.29, 0.717) is 31.0 Å². The van der Waals surface area contributed by atoms with E-state index < -0.39 is 57.9 Å². The highest BCUT2D eigenvalue weighted by atomic mass is 19.4. The number of aliphatic hydroxyl groups is 1. The first-order valence-corrected chi connectivity index (χ1v) is 13.2. The fraction of sp³-hybridized carbons (Fsp3) is 0.643. The van der Waals surface area contributed by atoms with Crippen molar-refractivity contribution in [3.63, 3.8) is 0 Å². The number of aliphatic hydroxyl groups excluding tert-OH is 1. The summed E-state index contributed by atoms with van der Waals surface area (Å²) in [5, 5.41) is 13.7. The minimum Gasteiger partial charge on any atom is -0.393 e. The Morgan fingerprint density at radius 2 is 1.74 bits per heavy atom. The normalized spacial score (nSPS) is 38.2. The van der Waals surface area contributed by atoms with Gasteiger partial charge in [-0.15, -0.1) is 0 Å². The fourth-order valence-corrected chi connectivity index (χ4v) is 8.59. The van der Waals surface area contributed by atoms with Crippen LogP contribution in [0.25, 0.3) is 0 Å². The molecule has 4 aliphatic rings. The van der Waals surface area contributed by atoms with E-state index in [1.165, 1.54) is 6.08 Å². The van der Waals surface area contributed by atoms with Crippen molar-refractivity contribution in [1.29, 1.82) is 0 Å². The summed E-state index contributed by atoms with van der Waals surface area (Å²) in [4.78, 5) is 27.5. The molecular weight excluding hydrogens is 526 g/mol. The number of carbonyl (C=O) groups excluding carboxylic acids is 2. The summed E-state index contributed by atoms with van der Waals surface area (Å²) in [5.74, 6) is -1.76. The Kier molecular flexibility index (Phi) is 6.44. The Labute approximate surface area is 222 Å². The summed E-state index contributed by atoms with van der Waals surface area (Å²) in [6.45, 7) is 3.91. The second-order valence-corrected chi connectivity index (χ2v) is 12.2. The maximum Gasteiger partial charge on any atom is 0.418 e. The summed E-state index contributed by atoms with van der Waals surface area (Å²) in [6, 6.07) is 0.948. The molecule has 0 aromatic heterocycles. The molecule has 0 unspecified atom stereocenters. The summed E-state index contributed by atoms with van der Waals surface area (Å²) in [6.07, 6.45) is -4.55. The topological polar surface area (TPSA) is 69.6 Å². The third-order valence-corrected chi connectivity index (χ3v) is 10.3. The van der Waals surface area contributed by atoms with Gasteiger partial charge in [-0.25, -0.2) is 0 Å². The van der Waals surface area contributed by atoms with Gasteiger partial charge in [0.25, 0.3) is 0 Å². The van der Waals surface area contributed by atoms with Crippen LogP contribution in [-0.2, 0) is 21.9 Å². The highest BCUT2D eigenvalue weighted by Crippen LogP contribution is 2.65. The largest absolute Gasteiger partial charge is 0.418 e. The number of alkyl halides is 6. The summed E-state index contributed by atoms with van der Waals surface area (Å²) in [7, 11) is 1.76. The molecule has 2 N–H and O–H groups in total. The highest BCUT2D eigenvalue weighted by molar-refractivity contribution is 5.94. The Morgan fingerprint density at radius 1 is 1.05 bits per heavy atom. The number of nitrogens with zero attached hydrogens (tertiary/aromatic N) is 1. The number of amides is 2. The SMILES string of the molecule is CN1C(=O)C=C[C@]2(C)[C@@H]3[C@@H](CC[C@@H]12)[C@@H]1CC[C@H](C(=O)Nc2cc(C(F)(F)F)ccc2C(F)(F)F)[C@@]1(C)C[C@@H]3O. The second-order valence-electron chi connectivity index (χ2n) is 12.2. The van der Waals surface area contributed by atoms with Crippen molar-refractivity contribution < 1.29 is 41.0 Å². The van der Waals surface area contributed by atoms with Crippen LogP contribution in [0.15, 0.2) is 30.4 Å². The molecule has 1 aromatic carbocycles. The van der Waals surface area contributed by atoms with E-state index in [0.717, 1.165) is 12.8 Å². The number of anilines is 1. The molecule has 39 heavy (non-hydrogen) atoms. The van der Waals surface area contributed by atoms with Gasteiger partial charge in [-0.1, -0.05) is 19.9 Å². The monoisotopic (exact) mass is 558 g/mol. The minimum atomic E-state index is -4.96. The maximum atomic E-state index is 13.6. The van der Waals surface area contributed by atoms with E-state index in [1.807, 2.05) is 19.9 Å². The van der Waals surface area contributed by atoms with Crippen LogP contribution in [0.4, 0.5) is 32.0 Å². The van der Waals surface area contributed by atoms with Crippen LogP contribution in [0.3, 0.4) is 0 Å². The predicted octanol–water partition coefficient (Wildman–Crippen LogP) is 5.89. The Morgan fingerprint density at radius 3 is 2.38 bits per heavy atom. The number of likely N-dealkylation sites (N-methyl/N-ethyl adjacent to an activating group) is 1. The van der Waals surface area contributed by atoms with Crippen LogP contribution in [0, 0.1) is 34.5 Å². The van der Waals surface area contributed by atoms with Crippen molar-refractivity contribution in [3.05, 3.63) is 41.5 Å². The molecule has 8 atom stereocenters. The molecule has 0 bridgehead atoms. The summed E-state index contributed by atoms with van der Waals surface area (Å²) >= 11 is 0. The first kappa shape index (κ1) is 28.0. The van der Waals surface area contributed by atoms with E-state index in [1.54, 1.807) is 11.9 Å². The van der Waals surface area contributed by atoms with Crippen molar-refractivity contribution in [2.24, 2.45) is 34.5 Å². The van der Waals surface area contributed by atoms with Gasteiger partial charge in [0.2, 0.25) is 11.8 Å². The van der Waals surface area contributed by atoms with Gasteiger partial charge in [-0.3, -0.25) is 9.59 Å². The molecule has 3 saturated carbocycles. The lowest BCUT2D eigenvalue weighted by molar-refractivity contribution is -0.162. The number of halogens is 6. The molecule has 3 fully saturated rings. The molecule has 0 radical (unpaired) electrons. The van der Waals surface area contributed by atoms with Crippen molar-refractivity contribution in [2.45, 2.75) is 70.4 Å². The molecule has 3 aliphatic carbocycles. The Hall–Kier alpha value is -2.56. The number of carbonyl (C=O) groups is 2. The van der Waals surface area contributed by atoms with Gasteiger partial charge in [0.05, 0.1) is 22.9 Å². The third kappa shape index (κ3) is 4.35. The molecule has 214 valence electrons. The van der Waals surface area contributed by atoms with E-state index in [2.05, 4.69) is 5.32 Å². The second kappa shape index (κ2) is 8.97. The van der Waals surface area contributed by atoms with E-state index >= 15 is 0 Å². The Balaban J connectivity index is 1.44. The molecule has 2 amide bonds.